The van der Waals surface area contributed by atoms with Crippen molar-refractivity contribution in [3.8, 4) is 0 Å². The van der Waals surface area contributed by atoms with Crippen molar-refractivity contribution in [3.05, 3.63) is 28.3 Å². The molecule has 6 heteroatoms. The van der Waals surface area contributed by atoms with Gasteiger partial charge in [0.2, 0.25) is 0 Å². The number of nitrogens with zero attached hydrogens (tertiary/aromatic N) is 1. The molecular formula is C11H17N3O2S. The molecule has 0 bridgehead atoms. The maximum Gasteiger partial charge on any atom is 0.315 e. The molecule has 1 unspecified atom stereocenters. The molecule has 2 N–H and O–H groups in total. The van der Waals surface area contributed by atoms with Crippen LogP contribution in [0.15, 0.2) is 18.2 Å². The van der Waals surface area contributed by atoms with E-state index in [1.54, 1.807) is 37.0 Å². The summed E-state index contributed by atoms with van der Waals surface area (Å²) in [5.74, 6) is 0. The Bertz CT molecular complexity index is 398. The fourth-order valence-electron chi connectivity index (χ4n) is 1.42. The van der Waals surface area contributed by atoms with Gasteiger partial charge in [0.25, 0.3) is 0 Å². The van der Waals surface area contributed by atoms with Gasteiger partial charge in [-0.1, -0.05) is 13.0 Å². The molecule has 0 aromatic heterocycles. The minimum atomic E-state index is -0.363. The number of hydrogen-bond acceptors (Lipinski definition) is 5. The quantitative estimate of drug-likeness (QED) is 0.604. The summed E-state index contributed by atoms with van der Waals surface area (Å²) in [5, 5.41) is 17.4. The fraction of sp³-hybridized carbons (Fsp3) is 0.455. The maximum atomic E-state index is 11.0. The smallest absolute Gasteiger partial charge is 0.315 e. The van der Waals surface area contributed by atoms with E-state index in [1.165, 1.54) is 0 Å². The topological polar surface area (TPSA) is 67.2 Å². The predicted octanol–water partition coefficient (Wildman–Crippen LogP) is 2.80. The molecule has 1 atom stereocenters. The first-order valence-electron chi connectivity index (χ1n) is 5.32. The summed E-state index contributed by atoms with van der Waals surface area (Å²) in [6.07, 6.45) is 2.02. The number of rotatable bonds is 6. The molecule has 0 amide bonds. The molecule has 0 aliphatic heterocycles. The van der Waals surface area contributed by atoms with Crippen LogP contribution < -0.4 is 10.6 Å². The van der Waals surface area contributed by atoms with E-state index in [2.05, 4.69) is 17.6 Å². The maximum absolute atomic E-state index is 11.0. The molecule has 0 radical (unpaired) electrons. The van der Waals surface area contributed by atoms with Gasteiger partial charge in [-0.05, 0) is 18.4 Å². The van der Waals surface area contributed by atoms with Gasteiger partial charge in [0.1, 0.15) is 11.4 Å². The van der Waals surface area contributed by atoms with Crippen molar-refractivity contribution < 1.29 is 4.92 Å². The molecule has 0 aliphatic carbocycles. The molecule has 17 heavy (non-hydrogen) atoms. The lowest BCUT2D eigenvalue weighted by Gasteiger charge is -2.12. The van der Waals surface area contributed by atoms with Crippen molar-refractivity contribution in [2.45, 2.75) is 12.2 Å². The highest BCUT2D eigenvalue weighted by atomic mass is 32.2. The van der Waals surface area contributed by atoms with Crippen molar-refractivity contribution in [1.29, 1.82) is 0 Å². The molecule has 0 saturated heterocycles. The Labute approximate surface area is 105 Å². The van der Waals surface area contributed by atoms with Crippen LogP contribution in [0.3, 0.4) is 0 Å². The lowest BCUT2D eigenvalue weighted by Crippen LogP contribution is -2.14. The van der Waals surface area contributed by atoms with Gasteiger partial charge in [0.15, 0.2) is 0 Å². The van der Waals surface area contributed by atoms with Crippen LogP contribution in [0.5, 0.6) is 0 Å². The Kier molecular flexibility index (Phi) is 5.09. The Balaban J connectivity index is 2.94. The van der Waals surface area contributed by atoms with Crippen LogP contribution in [0, 0.1) is 10.1 Å². The van der Waals surface area contributed by atoms with E-state index < -0.39 is 0 Å². The van der Waals surface area contributed by atoms with E-state index in [0.29, 0.717) is 23.2 Å². The Hall–Kier alpha value is -1.43. The number of nitro groups is 1. The first-order chi connectivity index (χ1) is 8.10. The van der Waals surface area contributed by atoms with E-state index in [4.69, 9.17) is 0 Å². The van der Waals surface area contributed by atoms with E-state index in [-0.39, 0.29) is 10.6 Å². The summed E-state index contributed by atoms with van der Waals surface area (Å²) >= 11 is 1.72. The van der Waals surface area contributed by atoms with E-state index in [1.807, 2.05) is 6.26 Å². The third-order valence-corrected chi connectivity index (χ3v) is 3.44. The number of thioether (sulfide) groups is 1. The number of nitro benzene ring substituents is 1. The molecule has 0 fully saturated rings. The Morgan fingerprint density at radius 2 is 2.12 bits per heavy atom. The van der Waals surface area contributed by atoms with Crippen LogP contribution in [0.4, 0.5) is 17.1 Å². The van der Waals surface area contributed by atoms with E-state index in [0.717, 1.165) is 0 Å². The highest BCUT2D eigenvalue weighted by Crippen LogP contribution is 2.32. The van der Waals surface area contributed by atoms with Gasteiger partial charge < -0.3 is 10.6 Å². The van der Waals surface area contributed by atoms with Crippen LogP contribution in [0.1, 0.15) is 6.92 Å². The van der Waals surface area contributed by atoms with E-state index >= 15 is 0 Å². The molecule has 0 aliphatic rings. The standard InChI is InChI=1S/C11H17N3O2S/c1-8(17-3)7-13-10-6-4-5-9(12-2)11(10)14(15)16/h4-6,8,12-13H,7H2,1-3H3. The van der Waals surface area contributed by atoms with Gasteiger partial charge in [-0.15, -0.1) is 0 Å². The zero-order chi connectivity index (χ0) is 12.8. The second-order valence-electron chi connectivity index (χ2n) is 3.64. The van der Waals surface area contributed by atoms with Crippen LogP contribution in [0.2, 0.25) is 0 Å². The summed E-state index contributed by atoms with van der Waals surface area (Å²) in [6, 6.07) is 5.22. The Morgan fingerprint density at radius 3 is 2.65 bits per heavy atom. The number of benzene rings is 1. The van der Waals surface area contributed by atoms with Crippen LogP contribution in [-0.4, -0.2) is 30.0 Å². The molecule has 1 rings (SSSR count). The lowest BCUT2D eigenvalue weighted by atomic mass is 10.2. The monoisotopic (exact) mass is 255 g/mol. The summed E-state index contributed by atoms with van der Waals surface area (Å²) in [4.78, 5) is 10.7. The van der Waals surface area contributed by atoms with Crippen LogP contribution in [-0.2, 0) is 0 Å². The molecule has 94 valence electrons. The molecule has 0 heterocycles. The zero-order valence-corrected chi connectivity index (χ0v) is 11.0. The Morgan fingerprint density at radius 1 is 1.47 bits per heavy atom. The fourth-order valence-corrected chi connectivity index (χ4v) is 1.67. The zero-order valence-electron chi connectivity index (χ0n) is 10.2. The summed E-state index contributed by atoms with van der Waals surface area (Å²) < 4.78 is 0. The summed E-state index contributed by atoms with van der Waals surface area (Å²) in [7, 11) is 1.68. The van der Waals surface area contributed by atoms with Crippen molar-refractivity contribution in [2.24, 2.45) is 0 Å². The van der Waals surface area contributed by atoms with Gasteiger partial charge in [-0.2, -0.15) is 11.8 Å². The minimum absolute atomic E-state index is 0.100. The normalized spacial score (nSPS) is 11.9. The van der Waals surface area contributed by atoms with Crippen LogP contribution in [0.25, 0.3) is 0 Å². The third kappa shape index (κ3) is 3.52. The summed E-state index contributed by atoms with van der Waals surface area (Å²) in [5.41, 5.74) is 1.18. The van der Waals surface area contributed by atoms with Gasteiger partial charge in [0.05, 0.1) is 4.92 Å². The van der Waals surface area contributed by atoms with Crippen molar-refractivity contribution >= 4 is 28.8 Å². The molecule has 0 saturated carbocycles. The second kappa shape index (κ2) is 6.34. The number of nitrogens with one attached hydrogen (secondary N) is 2. The minimum Gasteiger partial charge on any atom is -0.382 e. The average molecular weight is 255 g/mol. The van der Waals surface area contributed by atoms with Gasteiger partial charge in [0, 0.05) is 18.8 Å². The highest BCUT2D eigenvalue weighted by Gasteiger charge is 2.18. The van der Waals surface area contributed by atoms with E-state index in [9.17, 15) is 10.1 Å². The molecular weight excluding hydrogens is 238 g/mol. The highest BCUT2D eigenvalue weighted by molar-refractivity contribution is 7.99. The molecule has 1 aromatic carbocycles. The molecule has 0 spiro atoms. The number of para-hydroxylation sites is 1. The molecule has 1 aromatic rings. The average Bonchev–Trinajstić information content (AvgIpc) is 2.34. The number of hydrogen-bond donors (Lipinski definition) is 2. The molecule has 5 nitrogen and oxygen atoms in total. The van der Waals surface area contributed by atoms with Crippen molar-refractivity contribution in [1.82, 2.24) is 0 Å². The van der Waals surface area contributed by atoms with Crippen molar-refractivity contribution in [3.63, 3.8) is 0 Å². The first-order valence-corrected chi connectivity index (χ1v) is 6.60. The third-order valence-electron chi connectivity index (χ3n) is 2.47. The first kappa shape index (κ1) is 13.6. The summed E-state index contributed by atoms with van der Waals surface area (Å²) in [6.45, 7) is 2.78. The van der Waals surface area contributed by atoms with Gasteiger partial charge >= 0.3 is 5.69 Å². The van der Waals surface area contributed by atoms with Crippen molar-refractivity contribution in [2.75, 3.05) is 30.5 Å². The second-order valence-corrected chi connectivity index (χ2v) is 4.91. The van der Waals surface area contributed by atoms with Gasteiger partial charge in [-0.25, -0.2) is 0 Å². The number of anilines is 2. The largest absolute Gasteiger partial charge is 0.382 e. The predicted molar refractivity (Wildman–Crippen MR) is 74.1 cm³/mol. The lowest BCUT2D eigenvalue weighted by molar-refractivity contribution is -0.383. The van der Waals surface area contributed by atoms with Gasteiger partial charge in [-0.3, -0.25) is 10.1 Å². The SMILES string of the molecule is CNc1cccc(NCC(C)SC)c1[N+](=O)[O-]. The van der Waals surface area contributed by atoms with Crippen LogP contribution >= 0.6 is 11.8 Å².